The van der Waals surface area contributed by atoms with Gasteiger partial charge < -0.3 is 14.4 Å². The van der Waals surface area contributed by atoms with Crippen molar-refractivity contribution in [1.82, 2.24) is 9.97 Å². The molecule has 6 heteroatoms. The highest BCUT2D eigenvalue weighted by Crippen LogP contribution is 2.33. The molecule has 0 radical (unpaired) electrons. The molecule has 0 atom stereocenters. The smallest absolute Gasteiger partial charge is 0.227 e. The zero-order chi connectivity index (χ0) is 17.8. The molecule has 0 aliphatic heterocycles. The summed E-state index contributed by atoms with van der Waals surface area (Å²) >= 11 is 0. The Hall–Kier alpha value is -2.81. The Kier molecular flexibility index (Phi) is 5.03. The van der Waals surface area contributed by atoms with Crippen LogP contribution >= 0.6 is 0 Å². The van der Waals surface area contributed by atoms with Crippen molar-refractivity contribution < 1.29 is 9.47 Å². The molecular weight excluding hydrogens is 316 g/mol. The predicted molar refractivity (Wildman–Crippen MR) is 94.8 cm³/mol. The first kappa shape index (κ1) is 17.0. The molecule has 2 aromatic rings. The maximum Gasteiger partial charge on any atom is 0.227 e. The summed E-state index contributed by atoms with van der Waals surface area (Å²) in [4.78, 5) is 11.1. The third-order valence-electron chi connectivity index (χ3n) is 4.27. The Balaban J connectivity index is 1.92. The minimum atomic E-state index is 0.394. The van der Waals surface area contributed by atoms with Gasteiger partial charge in [0.2, 0.25) is 5.95 Å². The van der Waals surface area contributed by atoms with Gasteiger partial charge in [0.25, 0.3) is 0 Å². The summed E-state index contributed by atoms with van der Waals surface area (Å²) in [7, 11) is 3.29. The number of benzene rings is 1. The Morgan fingerprint density at radius 1 is 1.20 bits per heavy atom. The maximum absolute atomic E-state index is 9.20. The van der Waals surface area contributed by atoms with Crippen molar-refractivity contribution in [2.24, 2.45) is 5.92 Å². The van der Waals surface area contributed by atoms with Crippen molar-refractivity contribution in [2.75, 3.05) is 25.7 Å². The normalized spacial score (nSPS) is 13.2. The van der Waals surface area contributed by atoms with Gasteiger partial charge >= 0.3 is 0 Å². The Morgan fingerprint density at radius 2 is 2.00 bits per heavy atom. The van der Waals surface area contributed by atoms with Gasteiger partial charge in [-0.15, -0.1) is 0 Å². The summed E-state index contributed by atoms with van der Waals surface area (Å²) in [6.07, 6.45) is 2.46. The van der Waals surface area contributed by atoms with E-state index in [4.69, 9.17) is 9.47 Å². The Labute approximate surface area is 148 Å². The molecular formula is C19H22N4O2. The van der Waals surface area contributed by atoms with E-state index in [1.165, 1.54) is 12.8 Å². The van der Waals surface area contributed by atoms with E-state index in [1.54, 1.807) is 20.3 Å². The summed E-state index contributed by atoms with van der Waals surface area (Å²) < 4.78 is 10.8. The molecule has 0 spiro atoms. The fourth-order valence-electron chi connectivity index (χ4n) is 2.77. The van der Waals surface area contributed by atoms with Gasteiger partial charge in [0.05, 0.1) is 14.2 Å². The minimum absolute atomic E-state index is 0.394. The fourth-order valence-corrected chi connectivity index (χ4v) is 2.77. The van der Waals surface area contributed by atoms with Crippen LogP contribution in [0.25, 0.3) is 0 Å². The molecule has 1 heterocycles. The summed E-state index contributed by atoms with van der Waals surface area (Å²) in [5, 5.41) is 9.20. The van der Waals surface area contributed by atoms with Gasteiger partial charge in [0.15, 0.2) is 0 Å². The zero-order valence-electron chi connectivity index (χ0n) is 14.8. The van der Waals surface area contributed by atoms with Crippen molar-refractivity contribution in [3.63, 3.8) is 0 Å². The van der Waals surface area contributed by atoms with Crippen molar-refractivity contribution in [2.45, 2.75) is 26.3 Å². The van der Waals surface area contributed by atoms with Crippen LogP contribution in [0.5, 0.6) is 11.5 Å². The van der Waals surface area contributed by atoms with E-state index in [1.807, 2.05) is 25.1 Å². The van der Waals surface area contributed by atoms with E-state index in [9.17, 15) is 5.26 Å². The topological polar surface area (TPSA) is 71.3 Å². The molecule has 0 unspecified atom stereocenters. The van der Waals surface area contributed by atoms with Gasteiger partial charge in [-0.2, -0.15) is 5.26 Å². The average Bonchev–Trinajstić information content (AvgIpc) is 3.44. The molecule has 0 bridgehead atoms. The van der Waals surface area contributed by atoms with Crippen LogP contribution in [0, 0.1) is 24.2 Å². The van der Waals surface area contributed by atoms with Gasteiger partial charge in [0.1, 0.15) is 23.3 Å². The van der Waals surface area contributed by atoms with Crippen LogP contribution in [-0.4, -0.2) is 30.7 Å². The van der Waals surface area contributed by atoms with E-state index in [-0.39, 0.29) is 0 Å². The monoisotopic (exact) mass is 338 g/mol. The van der Waals surface area contributed by atoms with Crippen molar-refractivity contribution in [1.29, 1.82) is 5.26 Å². The van der Waals surface area contributed by atoms with Gasteiger partial charge in [-0.3, -0.25) is 0 Å². The van der Waals surface area contributed by atoms with Gasteiger partial charge in [0, 0.05) is 30.4 Å². The molecule has 1 fully saturated rings. The standard InChI is InChI=1S/C19H22N4O2/c1-13-8-16(10-20)22-19(21-13)23(11-14-4-5-14)12-15-6-7-17(24-2)9-18(15)25-3/h6-9,14H,4-5,11-12H2,1-3H3. The molecule has 0 saturated heterocycles. The molecule has 0 N–H and O–H groups in total. The number of nitrogens with zero attached hydrogens (tertiary/aromatic N) is 4. The Bertz CT molecular complexity index is 796. The summed E-state index contributed by atoms with van der Waals surface area (Å²) in [5.41, 5.74) is 2.22. The molecule has 1 aliphatic carbocycles. The lowest BCUT2D eigenvalue weighted by atomic mass is 10.1. The molecule has 1 aromatic carbocycles. The summed E-state index contributed by atoms with van der Waals surface area (Å²) in [6, 6.07) is 9.61. The largest absolute Gasteiger partial charge is 0.497 e. The number of ether oxygens (including phenoxy) is 2. The SMILES string of the molecule is COc1ccc(CN(CC2CC2)c2nc(C)cc(C#N)n2)c(OC)c1. The van der Waals surface area contributed by atoms with E-state index in [2.05, 4.69) is 20.9 Å². The van der Waals surface area contributed by atoms with Crippen LogP contribution in [0.2, 0.25) is 0 Å². The second-order valence-corrected chi connectivity index (χ2v) is 6.31. The molecule has 25 heavy (non-hydrogen) atoms. The van der Waals surface area contributed by atoms with E-state index >= 15 is 0 Å². The highest BCUT2D eigenvalue weighted by atomic mass is 16.5. The lowest BCUT2D eigenvalue weighted by molar-refractivity contribution is 0.390. The molecule has 130 valence electrons. The van der Waals surface area contributed by atoms with Crippen LogP contribution in [0.1, 0.15) is 29.8 Å². The van der Waals surface area contributed by atoms with Crippen LogP contribution < -0.4 is 14.4 Å². The van der Waals surface area contributed by atoms with Gasteiger partial charge in [-0.1, -0.05) is 0 Å². The second kappa shape index (κ2) is 7.39. The lowest BCUT2D eigenvalue weighted by Crippen LogP contribution is -2.27. The number of hydrogen-bond acceptors (Lipinski definition) is 6. The third kappa shape index (κ3) is 4.18. The van der Waals surface area contributed by atoms with Gasteiger partial charge in [-0.05, 0) is 43.9 Å². The predicted octanol–water partition coefficient (Wildman–Crippen LogP) is 3.09. The molecule has 1 aromatic heterocycles. The van der Waals surface area contributed by atoms with Crippen molar-refractivity contribution in [3.8, 4) is 17.6 Å². The fraction of sp³-hybridized carbons (Fsp3) is 0.421. The maximum atomic E-state index is 9.20. The number of hydrogen-bond donors (Lipinski definition) is 0. The quantitative estimate of drug-likeness (QED) is 0.772. The van der Waals surface area contributed by atoms with E-state index in [0.29, 0.717) is 24.1 Å². The van der Waals surface area contributed by atoms with Crippen LogP contribution in [0.3, 0.4) is 0 Å². The molecule has 0 amide bonds. The first-order chi connectivity index (χ1) is 12.1. The van der Waals surface area contributed by atoms with E-state index in [0.717, 1.165) is 29.3 Å². The molecule has 1 aliphatic rings. The summed E-state index contributed by atoms with van der Waals surface area (Å²) in [5.74, 6) is 2.79. The van der Waals surface area contributed by atoms with Crippen LogP contribution in [0.4, 0.5) is 5.95 Å². The van der Waals surface area contributed by atoms with Gasteiger partial charge in [-0.25, -0.2) is 9.97 Å². The Morgan fingerprint density at radius 3 is 2.64 bits per heavy atom. The third-order valence-corrected chi connectivity index (χ3v) is 4.27. The number of rotatable bonds is 7. The van der Waals surface area contributed by atoms with Crippen molar-refractivity contribution >= 4 is 5.95 Å². The highest BCUT2D eigenvalue weighted by molar-refractivity contribution is 5.44. The second-order valence-electron chi connectivity index (χ2n) is 6.31. The van der Waals surface area contributed by atoms with E-state index < -0.39 is 0 Å². The van der Waals surface area contributed by atoms with Crippen LogP contribution in [0.15, 0.2) is 24.3 Å². The lowest BCUT2D eigenvalue weighted by Gasteiger charge is -2.24. The minimum Gasteiger partial charge on any atom is -0.497 e. The number of aryl methyl sites for hydroxylation is 1. The first-order valence-electron chi connectivity index (χ1n) is 8.34. The first-order valence-corrected chi connectivity index (χ1v) is 8.34. The number of anilines is 1. The van der Waals surface area contributed by atoms with Crippen molar-refractivity contribution in [3.05, 3.63) is 41.2 Å². The zero-order valence-corrected chi connectivity index (χ0v) is 14.8. The summed E-state index contributed by atoms with van der Waals surface area (Å²) in [6.45, 7) is 3.39. The number of nitriles is 1. The number of methoxy groups -OCH3 is 2. The average molecular weight is 338 g/mol. The number of aromatic nitrogens is 2. The molecule has 1 saturated carbocycles. The van der Waals surface area contributed by atoms with Crippen LogP contribution in [-0.2, 0) is 6.54 Å². The molecule has 3 rings (SSSR count). The highest BCUT2D eigenvalue weighted by Gasteiger charge is 2.26. The molecule has 6 nitrogen and oxygen atoms in total.